The van der Waals surface area contributed by atoms with Gasteiger partial charge in [0.15, 0.2) is 5.25 Å². The lowest BCUT2D eigenvalue weighted by Gasteiger charge is -2.07. The molecule has 0 saturated carbocycles. The lowest BCUT2D eigenvalue weighted by Crippen LogP contribution is -2.37. The number of nitrogens with one attached hydrogen (secondary N) is 1. The van der Waals surface area contributed by atoms with Gasteiger partial charge in [0.2, 0.25) is 10.0 Å². The number of carboxylic acid groups (broad SMARTS) is 1. The van der Waals surface area contributed by atoms with Gasteiger partial charge in [0.25, 0.3) is 0 Å². The van der Waals surface area contributed by atoms with Gasteiger partial charge in [0.05, 0.1) is 6.07 Å². The fourth-order valence-corrected chi connectivity index (χ4v) is 1.41. The minimum Gasteiger partial charge on any atom is -0.480 e. The average molecular weight is 206 g/mol. The minimum absolute atomic E-state index is 0.0194. The summed E-state index contributed by atoms with van der Waals surface area (Å²) in [6, 6.07) is 1.73. The highest BCUT2D eigenvalue weighted by atomic mass is 32.2. The highest BCUT2D eigenvalue weighted by Crippen LogP contribution is 1.97. The van der Waals surface area contributed by atoms with Crippen LogP contribution in [0.25, 0.3) is 0 Å². The van der Waals surface area contributed by atoms with Crippen molar-refractivity contribution in [3.05, 3.63) is 0 Å². The first-order valence-electron chi connectivity index (χ1n) is 3.50. The van der Waals surface area contributed by atoms with Gasteiger partial charge in [-0.1, -0.05) is 0 Å². The zero-order chi connectivity index (χ0) is 10.5. The maximum atomic E-state index is 11.0. The zero-order valence-electron chi connectivity index (χ0n) is 7.02. The number of carboxylic acids is 1. The molecule has 0 aromatic rings. The van der Waals surface area contributed by atoms with Crippen molar-refractivity contribution in [2.45, 2.75) is 18.6 Å². The molecule has 0 aliphatic heterocycles. The highest BCUT2D eigenvalue weighted by molar-refractivity contribution is 7.90. The third-order valence-electron chi connectivity index (χ3n) is 1.35. The summed E-state index contributed by atoms with van der Waals surface area (Å²) < 4.78 is 24.1. The second kappa shape index (κ2) is 4.79. The second-order valence-corrected chi connectivity index (χ2v) is 4.41. The number of rotatable bonds is 5. The largest absolute Gasteiger partial charge is 0.480 e. The molecule has 0 heterocycles. The molecule has 0 aromatic heterocycles. The summed E-state index contributed by atoms with van der Waals surface area (Å²) in [7, 11) is -3.83. The van der Waals surface area contributed by atoms with E-state index >= 15 is 0 Å². The molecule has 1 unspecified atom stereocenters. The molecule has 0 aliphatic carbocycles. The molecular formula is C6H10N2O4S. The van der Waals surface area contributed by atoms with E-state index in [-0.39, 0.29) is 13.0 Å². The van der Waals surface area contributed by atoms with Gasteiger partial charge < -0.3 is 5.11 Å². The van der Waals surface area contributed by atoms with Crippen LogP contribution in [0.2, 0.25) is 0 Å². The van der Waals surface area contributed by atoms with Gasteiger partial charge in [-0.05, 0) is 6.92 Å². The van der Waals surface area contributed by atoms with Gasteiger partial charge in [0.1, 0.15) is 0 Å². The molecule has 2 N–H and O–H groups in total. The Morgan fingerprint density at radius 1 is 1.69 bits per heavy atom. The zero-order valence-corrected chi connectivity index (χ0v) is 7.84. The molecule has 0 spiro atoms. The van der Waals surface area contributed by atoms with Gasteiger partial charge in [-0.15, -0.1) is 0 Å². The lowest BCUT2D eigenvalue weighted by molar-refractivity contribution is -0.136. The van der Waals surface area contributed by atoms with E-state index < -0.39 is 21.2 Å². The van der Waals surface area contributed by atoms with Crippen LogP contribution in [0.15, 0.2) is 0 Å². The number of carbonyl (C=O) groups is 1. The Kier molecular flexibility index (Phi) is 4.37. The number of sulfonamides is 1. The van der Waals surface area contributed by atoms with Crippen LogP contribution in [-0.2, 0) is 14.8 Å². The van der Waals surface area contributed by atoms with Crippen LogP contribution in [0.3, 0.4) is 0 Å². The fourth-order valence-electron chi connectivity index (χ4n) is 0.507. The smallest absolute Gasteiger partial charge is 0.323 e. The Hall–Kier alpha value is -1.13. The van der Waals surface area contributed by atoms with Crippen molar-refractivity contribution in [1.82, 2.24) is 4.72 Å². The summed E-state index contributed by atoms with van der Waals surface area (Å²) in [5.41, 5.74) is 0. The molecule has 1 atom stereocenters. The Morgan fingerprint density at radius 2 is 2.23 bits per heavy atom. The first-order chi connectivity index (χ1) is 5.91. The average Bonchev–Trinajstić information content (AvgIpc) is 2.03. The quantitative estimate of drug-likeness (QED) is 0.578. The van der Waals surface area contributed by atoms with Gasteiger partial charge in [0, 0.05) is 13.0 Å². The van der Waals surface area contributed by atoms with Crippen LogP contribution in [0.1, 0.15) is 13.3 Å². The Morgan fingerprint density at radius 3 is 2.62 bits per heavy atom. The monoisotopic (exact) mass is 206 g/mol. The molecule has 0 saturated heterocycles. The molecule has 7 heteroatoms. The van der Waals surface area contributed by atoms with Crippen molar-refractivity contribution < 1.29 is 18.3 Å². The van der Waals surface area contributed by atoms with Crippen molar-refractivity contribution in [3.63, 3.8) is 0 Å². The SMILES string of the molecule is CC(C(=O)O)S(=O)(=O)NCCC#N. The maximum absolute atomic E-state index is 11.0. The van der Waals surface area contributed by atoms with E-state index in [0.29, 0.717) is 0 Å². The van der Waals surface area contributed by atoms with E-state index in [1.54, 1.807) is 6.07 Å². The summed E-state index contributed by atoms with van der Waals surface area (Å²) in [4.78, 5) is 10.3. The standard InChI is InChI=1S/C6H10N2O4S/c1-5(6(9)10)13(11,12)8-4-2-3-7/h5,8H,2,4H2,1H3,(H,9,10). The predicted molar refractivity (Wildman–Crippen MR) is 44.3 cm³/mol. The van der Waals surface area contributed by atoms with Crippen molar-refractivity contribution in [1.29, 1.82) is 5.26 Å². The van der Waals surface area contributed by atoms with Gasteiger partial charge in [-0.2, -0.15) is 5.26 Å². The summed E-state index contributed by atoms with van der Waals surface area (Å²) in [6.45, 7) is 1.01. The molecule has 0 aliphatic rings. The number of nitriles is 1. The Bertz CT molecular complexity index is 316. The van der Waals surface area contributed by atoms with Crippen LogP contribution in [0, 0.1) is 11.3 Å². The molecule has 0 aromatic carbocycles. The van der Waals surface area contributed by atoms with E-state index in [0.717, 1.165) is 6.92 Å². The van der Waals surface area contributed by atoms with Crippen molar-refractivity contribution >= 4 is 16.0 Å². The molecule has 74 valence electrons. The Labute approximate surface area is 76.2 Å². The summed E-state index contributed by atoms with van der Waals surface area (Å²) in [5, 5.41) is 15.0. The van der Waals surface area contributed by atoms with Crippen LogP contribution in [-0.4, -0.2) is 31.3 Å². The number of aliphatic carboxylic acids is 1. The van der Waals surface area contributed by atoms with E-state index in [1.807, 2.05) is 4.72 Å². The predicted octanol–water partition coefficient (Wildman–Crippen LogP) is -0.707. The molecule has 0 fully saturated rings. The van der Waals surface area contributed by atoms with Crippen LogP contribution in [0.5, 0.6) is 0 Å². The summed E-state index contributed by atoms with van der Waals surface area (Å²) >= 11 is 0. The molecule has 0 rings (SSSR count). The lowest BCUT2D eigenvalue weighted by atomic mass is 10.5. The first-order valence-corrected chi connectivity index (χ1v) is 5.04. The van der Waals surface area contributed by atoms with E-state index in [4.69, 9.17) is 10.4 Å². The molecule has 0 radical (unpaired) electrons. The van der Waals surface area contributed by atoms with Crippen LogP contribution < -0.4 is 4.72 Å². The third-order valence-corrected chi connectivity index (χ3v) is 3.09. The fraction of sp³-hybridized carbons (Fsp3) is 0.667. The highest BCUT2D eigenvalue weighted by Gasteiger charge is 2.26. The molecule has 0 amide bonds. The topological polar surface area (TPSA) is 107 Å². The van der Waals surface area contributed by atoms with E-state index in [1.165, 1.54) is 0 Å². The van der Waals surface area contributed by atoms with Gasteiger partial charge >= 0.3 is 5.97 Å². The number of hydrogen-bond acceptors (Lipinski definition) is 4. The molecule has 13 heavy (non-hydrogen) atoms. The third kappa shape index (κ3) is 3.87. The first kappa shape index (κ1) is 11.9. The Balaban J connectivity index is 4.26. The molecule has 6 nitrogen and oxygen atoms in total. The number of nitrogens with zero attached hydrogens (tertiary/aromatic N) is 1. The second-order valence-electron chi connectivity index (χ2n) is 2.33. The van der Waals surface area contributed by atoms with Gasteiger partial charge in [-0.3, -0.25) is 4.79 Å². The van der Waals surface area contributed by atoms with Crippen molar-refractivity contribution in [3.8, 4) is 6.07 Å². The van der Waals surface area contributed by atoms with E-state index in [9.17, 15) is 13.2 Å². The summed E-state index contributed by atoms with van der Waals surface area (Å²) in [6.07, 6.45) is 0.0194. The van der Waals surface area contributed by atoms with E-state index in [2.05, 4.69) is 0 Å². The van der Waals surface area contributed by atoms with Gasteiger partial charge in [-0.25, -0.2) is 13.1 Å². The summed E-state index contributed by atoms with van der Waals surface area (Å²) in [5.74, 6) is -1.41. The maximum Gasteiger partial charge on any atom is 0.323 e. The van der Waals surface area contributed by atoms with Crippen molar-refractivity contribution in [2.75, 3.05) is 6.54 Å². The molecule has 0 bridgehead atoms. The van der Waals surface area contributed by atoms with Crippen LogP contribution in [0.4, 0.5) is 0 Å². The minimum atomic E-state index is -3.83. The normalized spacial score (nSPS) is 13.2. The van der Waals surface area contributed by atoms with Crippen LogP contribution >= 0.6 is 0 Å². The van der Waals surface area contributed by atoms with Crippen molar-refractivity contribution in [2.24, 2.45) is 0 Å². The number of hydrogen-bond donors (Lipinski definition) is 2. The molecular weight excluding hydrogens is 196 g/mol.